The predicted molar refractivity (Wildman–Crippen MR) is 113 cm³/mol. The van der Waals surface area contributed by atoms with E-state index in [1.54, 1.807) is 18.2 Å². The van der Waals surface area contributed by atoms with Gasteiger partial charge in [-0.05, 0) is 23.8 Å². The summed E-state index contributed by atoms with van der Waals surface area (Å²) in [5.41, 5.74) is 1.50. The van der Waals surface area contributed by atoms with Crippen molar-refractivity contribution >= 4 is 48.0 Å². The van der Waals surface area contributed by atoms with E-state index in [2.05, 4.69) is 24.8 Å². The highest BCUT2D eigenvalue weighted by Gasteiger charge is 2.45. The molecule has 32 heavy (non-hydrogen) atoms. The van der Waals surface area contributed by atoms with Crippen molar-refractivity contribution < 1.29 is 33.8 Å². The number of nitrogens with one attached hydrogen (secondary N) is 1. The Hall–Kier alpha value is -1.86. The van der Waals surface area contributed by atoms with Crippen LogP contribution in [0.2, 0.25) is 10.0 Å². The Morgan fingerprint density at radius 3 is 2.53 bits per heavy atom. The van der Waals surface area contributed by atoms with Gasteiger partial charge in [0.2, 0.25) is 0 Å². The van der Waals surface area contributed by atoms with Crippen LogP contribution in [0, 0.1) is 0 Å². The van der Waals surface area contributed by atoms with Gasteiger partial charge in [-0.25, -0.2) is 19.5 Å². The number of fused-ring (bicyclic) bond motifs is 1. The second-order valence-electron chi connectivity index (χ2n) is 7.01. The number of benzene rings is 1. The number of aromatic nitrogens is 4. The molecule has 1 fully saturated rings. The molecule has 1 aliphatic rings. The van der Waals surface area contributed by atoms with E-state index in [-0.39, 0.29) is 0 Å². The van der Waals surface area contributed by atoms with Crippen molar-refractivity contribution in [2.45, 2.75) is 31.1 Å². The fraction of sp³-hybridized carbons (Fsp3) is 0.353. The third-order valence-corrected chi connectivity index (χ3v) is 5.68. The first-order chi connectivity index (χ1) is 15.1. The molecule has 0 aliphatic carbocycles. The quantitative estimate of drug-likeness (QED) is 0.294. The summed E-state index contributed by atoms with van der Waals surface area (Å²) in [6.07, 6.45) is -2.51. The number of phosphoric ester groups is 1. The van der Waals surface area contributed by atoms with E-state index < -0.39 is 39.0 Å². The van der Waals surface area contributed by atoms with Gasteiger partial charge >= 0.3 is 7.82 Å². The van der Waals surface area contributed by atoms with Crippen molar-refractivity contribution in [3.8, 4) is 0 Å². The molecule has 3 aromatic rings. The number of imidazole rings is 1. The smallest absolute Gasteiger partial charge is 0.387 e. The maximum absolute atomic E-state index is 10.9. The Morgan fingerprint density at radius 1 is 1.12 bits per heavy atom. The number of aliphatic hydroxyl groups excluding tert-OH is 2. The van der Waals surface area contributed by atoms with Crippen LogP contribution < -0.4 is 5.32 Å². The highest BCUT2D eigenvalue weighted by atomic mass is 35.5. The van der Waals surface area contributed by atoms with Gasteiger partial charge in [-0.3, -0.25) is 9.09 Å². The summed E-state index contributed by atoms with van der Waals surface area (Å²) in [6, 6.07) is 5.12. The van der Waals surface area contributed by atoms with Gasteiger partial charge in [-0.2, -0.15) is 0 Å². The molecule has 2 aromatic heterocycles. The van der Waals surface area contributed by atoms with Crippen molar-refractivity contribution in [3.63, 3.8) is 0 Å². The minimum atomic E-state index is -4.77. The molecule has 15 heteroatoms. The molecule has 1 aromatic carbocycles. The lowest BCUT2D eigenvalue weighted by molar-refractivity contribution is -0.0504. The molecule has 4 rings (SSSR count). The van der Waals surface area contributed by atoms with Gasteiger partial charge in [0.1, 0.15) is 24.6 Å². The summed E-state index contributed by atoms with van der Waals surface area (Å²) in [7, 11) is -4.77. The molecular formula is C17H18Cl2N5O7P. The molecule has 0 spiro atoms. The van der Waals surface area contributed by atoms with E-state index in [4.69, 9.17) is 37.7 Å². The third kappa shape index (κ3) is 5.04. The fourth-order valence-electron chi connectivity index (χ4n) is 3.33. The average molecular weight is 506 g/mol. The number of hydrogen-bond acceptors (Lipinski definition) is 9. The van der Waals surface area contributed by atoms with Crippen molar-refractivity contribution in [1.29, 1.82) is 0 Å². The molecule has 0 radical (unpaired) electrons. The van der Waals surface area contributed by atoms with Crippen LogP contribution in [0.3, 0.4) is 0 Å². The first kappa shape index (κ1) is 23.3. The molecule has 12 nitrogen and oxygen atoms in total. The minimum Gasteiger partial charge on any atom is -0.387 e. The SMILES string of the molecule is O=P(O)(O)OC[C@H]1O[C@@H](n2cnc3c(NCc4cc(Cl)cc(Cl)c4)ncnc32)[C@H](O)[C@@H]1O. The normalized spacial score (nSPS) is 23.7. The van der Waals surface area contributed by atoms with Crippen LogP contribution in [-0.4, -0.2) is 64.4 Å². The Kier molecular flexibility index (Phi) is 6.68. The van der Waals surface area contributed by atoms with E-state index >= 15 is 0 Å². The summed E-state index contributed by atoms with van der Waals surface area (Å²) in [5.74, 6) is 0.402. The highest BCUT2D eigenvalue weighted by molar-refractivity contribution is 7.46. The predicted octanol–water partition coefficient (Wildman–Crippen LogP) is 1.47. The topological polar surface area (TPSA) is 172 Å². The van der Waals surface area contributed by atoms with Gasteiger partial charge in [0, 0.05) is 16.6 Å². The van der Waals surface area contributed by atoms with Gasteiger partial charge in [0.15, 0.2) is 23.2 Å². The number of halogens is 2. The summed E-state index contributed by atoms with van der Waals surface area (Å²) >= 11 is 12.0. The summed E-state index contributed by atoms with van der Waals surface area (Å²) in [6.45, 7) is -0.266. The van der Waals surface area contributed by atoms with Gasteiger partial charge < -0.3 is 30.1 Å². The minimum absolute atomic E-state index is 0.305. The zero-order chi connectivity index (χ0) is 23.0. The lowest BCUT2D eigenvalue weighted by Gasteiger charge is -2.16. The second kappa shape index (κ2) is 9.18. The van der Waals surface area contributed by atoms with Gasteiger partial charge in [-0.1, -0.05) is 23.2 Å². The molecule has 0 amide bonds. The largest absolute Gasteiger partial charge is 0.469 e. The monoisotopic (exact) mass is 505 g/mol. The van der Waals surface area contributed by atoms with Gasteiger partial charge in [-0.15, -0.1) is 0 Å². The lowest BCUT2D eigenvalue weighted by Crippen LogP contribution is -2.33. The molecule has 0 bridgehead atoms. The number of rotatable bonds is 7. The molecule has 5 N–H and O–H groups in total. The zero-order valence-electron chi connectivity index (χ0n) is 16.1. The first-order valence-corrected chi connectivity index (χ1v) is 11.5. The van der Waals surface area contributed by atoms with Gasteiger partial charge in [0.05, 0.1) is 12.9 Å². The Balaban J connectivity index is 1.54. The summed E-state index contributed by atoms with van der Waals surface area (Å²) in [4.78, 5) is 30.3. The lowest BCUT2D eigenvalue weighted by atomic mass is 10.1. The van der Waals surface area contributed by atoms with Crippen LogP contribution in [0.25, 0.3) is 11.2 Å². The van der Waals surface area contributed by atoms with Crippen LogP contribution in [0.4, 0.5) is 5.82 Å². The average Bonchev–Trinajstić information content (AvgIpc) is 3.25. The Labute approximate surface area is 191 Å². The molecule has 1 aliphatic heterocycles. The van der Waals surface area contributed by atoms with E-state index in [1.807, 2.05) is 0 Å². The second-order valence-corrected chi connectivity index (χ2v) is 9.12. The van der Waals surface area contributed by atoms with Crippen molar-refractivity contribution in [1.82, 2.24) is 19.5 Å². The van der Waals surface area contributed by atoms with E-state index in [0.29, 0.717) is 33.6 Å². The molecule has 0 unspecified atom stereocenters. The van der Waals surface area contributed by atoms with E-state index in [1.165, 1.54) is 17.2 Å². The number of hydrogen-bond donors (Lipinski definition) is 5. The summed E-state index contributed by atoms with van der Waals surface area (Å²) in [5, 5.41) is 24.7. The molecule has 3 heterocycles. The Bertz CT molecular complexity index is 1160. The third-order valence-electron chi connectivity index (χ3n) is 4.76. The molecule has 0 saturated carbocycles. The molecular weight excluding hydrogens is 488 g/mol. The highest BCUT2D eigenvalue weighted by Crippen LogP contribution is 2.39. The van der Waals surface area contributed by atoms with Crippen LogP contribution in [-0.2, 0) is 20.4 Å². The van der Waals surface area contributed by atoms with Crippen molar-refractivity contribution in [2.24, 2.45) is 0 Å². The maximum Gasteiger partial charge on any atom is 0.469 e. The van der Waals surface area contributed by atoms with E-state index in [0.717, 1.165) is 5.56 Å². The van der Waals surface area contributed by atoms with Crippen molar-refractivity contribution in [3.05, 3.63) is 46.5 Å². The number of nitrogens with zero attached hydrogens (tertiary/aromatic N) is 4. The van der Waals surface area contributed by atoms with E-state index in [9.17, 15) is 14.8 Å². The van der Waals surface area contributed by atoms with Gasteiger partial charge in [0.25, 0.3) is 0 Å². The number of ether oxygens (including phenoxy) is 1. The van der Waals surface area contributed by atoms with Crippen LogP contribution >= 0.6 is 31.0 Å². The number of anilines is 1. The summed E-state index contributed by atoms with van der Waals surface area (Å²) < 4.78 is 22.3. The van der Waals surface area contributed by atoms with Crippen molar-refractivity contribution in [2.75, 3.05) is 11.9 Å². The van der Waals surface area contributed by atoms with Crippen LogP contribution in [0.1, 0.15) is 11.8 Å². The number of phosphoric acid groups is 1. The molecule has 1 saturated heterocycles. The fourth-order valence-corrected chi connectivity index (χ4v) is 4.25. The Morgan fingerprint density at radius 2 is 1.84 bits per heavy atom. The van der Waals surface area contributed by atoms with Crippen LogP contribution in [0.5, 0.6) is 0 Å². The maximum atomic E-state index is 10.9. The molecule has 4 atom stereocenters. The standard InChI is InChI=1S/C17H18Cl2N5O7P/c18-9-1-8(2-10(19)3-9)4-20-15-12-16(22-6-21-15)24(7-23-12)17-14(26)13(25)11(31-17)5-30-32(27,28)29/h1-3,6-7,11,13-14,17,25-26H,4-5H2,(H,20,21,22)(H2,27,28,29)/t11-,13-,14-,17-/m1/s1. The number of aliphatic hydroxyl groups is 2. The molecule has 172 valence electrons. The zero-order valence-corrected chi connectivity index (χ0v) is 18.5. The first-order valence-electron chi connectivity index (χ1n) is 9.20. The van der Waals surface area contributed by atoms with Crippen LogP contribution in [0.15, 0.2) is 30.9 Å².